The molecule has 0 saturated heterocycles. The highest BCUT2D eigenvalue weighted by molar-refractivity contribution is 14.1. The minimum Gasteiger partial charge on any atom is -0.469 e. The van der Waals surface area contributed by atoms with Gasteiger partial charge in [-0.3, -0.25) is 9.78 Å². The molecule has 0 radical (unpaired) electrons. The average Bonchev–Trinajstić information content (AvgIpc) is 2.30. The van der Waals surface area contributed by atoms with Crippen LogP contribution in [-0.4, -0.2) is 24.4 Å². The molecule has 0 unspecified atom stereocenters. The fourth-order valence-corrected chi connectivity index (χ4v) is 2.01. The van der Waals surface area contributed by atoms with E-state index in [9.17, 15) is 22.4 Å². The Bertz CT molecular complexity index is 479. The number of aromatic nitrogens is 1. The maximum absolute atomic E-state index is 12.7. The number of hydrogen-bond acceptors (Lipinski definition) is 4. The lowest BCUT2D eigenvalue weighted by atomic mass is 10.2. The van der Waals surface area contributed by atoms with Gasteiger partial charge < -0.3 is 9.47 Å². The molecule has 0 atom stereocenters. The first kappa shape index (κ1) is 15.9. The van der Waals surface area contributed by atoms with Crippen LogP contribution in [0.5, 0.6) is 5.75 Å². The molecular formula is C10H8F4INO3. The summed E-state index contributed by atoms with van der Waals surface area (Å²) >= 11 is 1.55. The van der Waals surface area contributed by atoms with Crippen molar-refractivity contribution in [2.24, 2.45) is 0 Å². The highest BCUT2D eigenvalue weighted by atomic mass is 127. The number of pyridine rings is 1. The second kappa shape index (κ2) is 6.35. The summed E-state index contributed by atoms with van der Waals surface area (Å²) < 4.78 is 57.3. The third kappa shape index (κ3) is 4.80. The Morgan fingerprint density at radius 1 is 1.47 bits per heavy atom. The molecule has 0 amide bonds. The number of hydrogen-bond donors (Lipinski definition) is 0. The van der Waals surface area contributed by atoms with Crippen molar-refractivity contribution in [2.45, 2.75) is 19.5 Å². The number of methoxy groups -OCH3 is 1. The molecule has 106 valence electrons. The first-order valence-corrected chi connectivity index (χ1v) is 5.91. The van der Waals surface area contributed by atoms with Gasteiger partial charge in [-0.25, -0.2) is 4.39 Å². The molecule has 0 saturated carbocycles. The van der Waals surface area contributed by atoms with E-state index in [0.717, 1.165) is 7.11 Å². The largest absolute Gasteiger partial charge is 0.573 e. The van der Waals surface area contributed by atoms with Gasteiger partial charge in [0.15, 0.2) is 5.75 Å². The van der Waals surface area contributed by atoms with Crippen LogP contribution in [0.3, 0.4) is 0 Å². The number of halogens is 5. The number of carbonyl (C=O) groups excluding carboxylic acids is 1. The van der Waals surface area contributed by atoms with Gasteiger partial charge in [0.05, 0.1) is 22.8 Å². The van der Waals surface area contributed by atoms with Crippen LogP contribution in [-0.2, 0) is 22.6 Å². The summed E-state index contributed by atoms with van der Waals surface area (Å²) in [6.07, 6.45) is -5.19. The number of ether oxygens (including phenoxy) is 2. The number of esters is 1. The molecule has 1 aromatic rings. The standard InChI is InChI=1S/C10H8F4INO3/c1-18-8(17)3-5-2-6(15)9(7(4-11)16-5)19-10(12,13)14/h2H,3-4H2,1H3. The van der Waals surface area contributed by atoms with Crippen molar-refractivity contribution in [3.63, 3.8) is 0 Å². The Morgan fingerprint density at radius 3 is 2.58 bits per heavy atom. The van der Waals surface area contributed by atoms with Crippen LogP contribution < -0.4 is 4.74 Å². The number of nitrogens with zero attached hydrogens (tertiary/aromatic N) is 1. The Hall–Kier alpha value is -1.13. The van der Waals surface area contributed by atoms with Crippen LogP contribution in [0.15, 0.2) is 6.07 Å². The molecule has 4 nitrogen and oxygen atoms in total. The van der Waals surface area contributed by atoms with Crippen molar-refractivity contribution in [3.8, 4) is 5.75 Å². The Kier molecular flexibility index (Phi) is 5.32. The summed E-state index contributed by atoms with van der Waals surface area (Å²) in [4.78, 5) is 14.7. The van der Waals surface area contributed by atoms with E-state index in [1.165, 1.54) is 6.07 Å². The van der Waals surface area contributed by atoms with Gasteiger partial charge >= 0.3 is 12.3 Å². The summed E-state index contributed by atoms with van der Waals surface area (Å²) in [6, 6.07) is 1.21. The number of rotatable bonds is 4. The van der Waals surface area contributed by atoms with E-state index >= 15 is 0 Å². The molecule has 19 heavy (non-hydrogen) atoms. The maximum atomic E-state index is 12.7. The fraction of sp³-hybridized carbons (Fsp3) is 0.400. The van der Waals surface area contributed by atoms with Crippen molar-refractivity contribution in [3.05, 3.63) is 21.0 Å². The smallest absolute Gasteiger partial charge is 0.469 e. The molecule has 1 rings (SSSR count). The lowest BCUT2D eigenvalue weighted by Crippen LogP contribution is -2.20. The molecular weight excluding hydrogens is 385 g/mol. The predicted molar refractivity (Wildman–Crippen MR) is 64.2 cm³/mol. The lowest BCUT2D eigenvalue weighted by molar-refractivity contribution is -0.275. The summed E-state index contributed by atoms with van der Waals surface area (Å²) in [5.41, 5.74) is -0.401. The van der Waals surface area contributed by atoms with Crippen LogP contribution in [0, 0.1) is 3.57 Å². The van der Waals surface area contributed by atoms with Gasteiger partial charge in [-0.1, -0.05) is 0 Å². The minimum atomic E-state index is -4.94. The maximum Gasteiger partial charge on any atom is 0.573 e. The van der Waals surface area contributed by atoms with Gasteiger partial charge in [-0.05, 0) is 28.7 Å². The van der Waals surface area contributed by atoms with E-state index in [-0.39, 0.29) is 15.7 Å². The first-order chi connectivity index (χ1) is 8.76. The van der Waals surface area contributed by atoms with E-state index in [2.05, 4.69) is 14.5 Å². The van der Waals surface area contributed by atoms with Crippen LogP contribution in [0.4, 0.5) is 17.6 Å². The molecule has 9 heteroatoms. The van der Waals surface area contributed by atoms with Crippen LogP contribution in [0.1, 0.15) is 11.4 Å². The second-order valence-electron chi connectivity index (χ2n) is 3.31. The van der Waals surface area contributed by atoms with Gasteiger partial charge in [0.25, 0.3) is 0 Å². The van der Waals surface area contributed by atoms with Crippen molar-refractivity contribution < 1.29 is 31.8 Å². The van der Waals surface area contributed by atoms with Gasteiger partial charge in [0.2, 0.25) is 0 Å². The van der Waals surface area contributed by atoms with Gasteiger partial charge in [0.1, 0.15) is 12.4 Å². The summed E-state index contributed by atoms with van der Waals surface area (Å²) in [7, 11) is 1.16. The first-order valence-electron chi connectivity index (χ1n) is 4.83. The fourth-order valence-electron chi connectivity index (χ4n) is 1.23. The molecule has 0 fully saturated rings. The van der Waals surface area contributed by atoms with E-state index in [4.69, 9.17) is 0 Å². The van der Waals surface area contributed by atoms with E-state index in [1.807, 2.05) is 0 Å². The third-order valence-corrected chi connectivity index (χ3v) is 2.75. The topological polar surface area (TPSA) is 48.4 Å². The highest BCUT2D eigenvalue weighted by Crippen LogP contribution is 2.31. The molecule has 0 aliphatic heterocycles. The van der Waals surface area contributed by atoms with Gasteiger partial charge in [-0.15, -0.1) is 13.2 Å². The average molecular weight is 393 g/mol. The molecule has 0 aromatic carbocycles. The van der Waals surface area contributed by atoms with Crippen LogP contribution in [0.2, 0.25) is 0 Å². The zero-order chi connectivity index (χ0) is 14.6. The molecule has 1 aromatic heterocycles. The Balaban J connectivity index is 3.11. The summed E-state index contributed by atoms with van der Waals surface area (Å²) in [6.45, 7) is -1.24. The van der Waals surface area contributed by atoms with Gasteiger partial charge in [-0.2, -0.15) is 0 Å². The Morgan fingerprint density at radius 2 is 2.11 bits per heavy atom. The van der Waals surface area contributed by atoms with Crippen LogP contribution in [0.25, 0.3) is 0 Å². The second-order valence-corrected chi connectivity index (χ2v) is 4.47. The van der Waals surface area contributed by atoms with E-state index in [0.29, 0.717) is 0 Å². The van der Waals surface area contributed by atoms with Crippen molar-refractivity contribution in [2.75, 3.05) is 7.11 Å². The van der Waals surface area contributed by atoms with Gasteiger partial charge in [0, 0.05) is 0 Å². The van der Waals surface area contributed by atoms with Crippen molar-refractivity contribution in [1.82, 2.24) is 4.98 Å². The van der Waals surface area contributed by atoms with E-state index in [1.54, 1.807) is 22.6 Å². The molecule has 0 N–H and O–H groups in total. The van der Waals surface area contributed by atoms with Crippen molar-refractivity contribution in [1.29, 1.82) is 0 Å². The Labute approximate surface area is 119 Å². The quantitative estimate of drug-likeness (QED) is 0.449. The van der Waals surface area contributed by atoms with E-state index < -0.39 is 30.4 Å². The SMILES string of the molecule is COC(=O)Cc1cc(I)c(OC(F)(F)F)c(CF)n1. The number of carbonyl (C=O) groups is 1. The summed E-state index contributed by atoms with van der Waals surface area (Å²) in [5, 5.41) is 0. The lowest BCUT2D eigenvalue weighted by Gasteiger charge is -2.14. The molecule has 0 aliphatic rings. The highest BCUT2D eigenvalue weighted by Gasteiger charge is 2.33. The molecule has 0 bridgehead atoms. The summed E-state index contributed by atoms with van der Waals surface area (Å²) in [5.74, 6) is -1.32. The normalized spacial score (nSPS) is 11.3. The molecule has 0 spiro atoms. The zero-order valence-corrected chi connectivity index (χ0v) is 11.7. The minimum absolute atomic E-state index is 0.0106. The number of alkyl halides is 4. The van der Waals surface area contributed by atoms with Crippen LogP contribution >= 0.6 is 22.6 Å². The van der Waals surface area contributed by atoms with Crippen molar-refractivity contribution >= 4 is 28.6 Å². The monoisotopic (exact) mass is 393 g/mol. The zero-order valence-electron chi connectivity index (χ0n) is 9.55. The predicted octanol–water partition coefficient (Wildman–Crippen LogP) is 2.77. The third-order valence-electron chi connectivity index (χ3n) is 1.95. The molecule has 0 aliphatic carbocycles. The molecule has 1 heterocycles.